The molecule has 0 saturated heterocycles. The van der Waals surface area contributed by atoms with E-state index >= 15 is 0 Å². The lowest BCUT2D eigenvalue weighted by Gasteiger charge is -2.11. The molecule has 19 heavy (non-hydrogen) atoms. The molecule has 0 bridgehead atoms. The van der Waals surface area contributed by atoms with Gasteiger partial charge in [0, 0.05) is 5.56 Å². The highest BCUT2D eigenvalue weighted by atomic mass is 32.2. The third kappa shape index (κ3) is 2.11. The van der Waals surface area contributed by atoms with Crippen molar-refractivity contribution in [1.29, 1.82) is 0 Å². The third-order valence-corrected chi connectivity index (χ3v) is 4.66. The van der Waals surface area contributed by atoms with E-state index in [-0.39, 0.29) is 10.9 Å². The number of nitrogens with one attached hydrogen (secondary N) is 2. The molecular formula is C12H13N3O3S. The van der Waals surface area contributed by atoms with Crippen molar-refractivity contribution in [3.63, 3.8) is 0 Å². The highest BCUT2D eigenvalue weighted by Gasteiger charge is 2.29. The van der Waals surface area contributed by atoms with E-state index in [0.29, 0.717) is 12.3 Å². The fourth-order valence-electron chi connectivity index (χ4n) is 2.12. The van der Waals surface area contributed by atoms with E-state index in [1.807, 2.05) is 24.3 Å². The van der Waals surface area contributed by atoms with Gasteiger partial charge in [-0.15, -0.1) is 0 Å². The Balaban J connectivity index is 1.90. The van der Waals surface area contributed by atoms with Gasteiger partial charge >= 0.3 is 0 Å². The van der Waals surface area contributed by atoms with Gasteiger partial charge in [0.2, 0.25) is 10.0 Å². The van der Waals surface area contributed by atoms with Gasteiger partial charge in [0.1, 0.15) is 17.3 Å². The zero-order valence-corrected chi connectivity index (χ0v) is 11.1. The summed E-state index contributed by atoms with van der Waals surface area (Å²) in [5.74, 6) is 0.721. The molecule has 1 aliphatic heterocycles. The van der Waals surface area contributed by atoms with E-state index in [0.717, 1.165) is 11.3 Å². The van der Waals surface area contributed by atoms with Gasteiger partial charge in [0.05, 0.1) is 17.9 Å². The van der Waals surface area contributed by atoms with E-state index in [4.69, 9.17) is 4.74 Å². The van der Waals surface area contributed by atoms with Gasteiger partial charge in [-0.2, -0.15) is 9.82 Å². The molecule has 2 aromatic rings. The van der Waals surface area contributed by atoms with Crippen LogP contribution in [0.3, 0.4) is 0 Å². The van der Waals surface area contributed by atoms with Crippen LogP contribution in [0, 0.1) is 6.92 Å². The van der Waals surface area contributed by atoms with E-state index in [2.05, 4.69) is 14.9 Å². The monoisotopic (exact) mass is 279 g/mol. The van der Waals surface area contributed by atoms with E-state index < -0.39 is 10.0 Å². The van der Waals surface area contributed by atoms with Crippen molar-refractivity contribution in [2.24, 2.45) is 0 Å². The van der Waals surface area contributed by atoms with Crippen molar-refractivity contribution in [3.05, 3.63) is 41.7 Å². The maximum absolute atomic E-state index is 12.3. The van der Waals surface area contributed by atoms with Crippen LogP contribution in [-0.2, 0) is 10.0 Å². The summed E-state index contributed by atoms with van der Waals surface area (Å²) in [7, 11) is -3.60. The van der Waals surface area contributed by atoms with Gasteiger partial charge in [0.15, 0.2) is 0 Å². The summed E-state index contributed by atoms with van der Waals surface area (Å²) < 4.78 is 32.6. The predicted molar refractivity (Wildman–Crippen MR) is 68.3 cm³/mol. The van der Waals surface area contributed by atoms with Crippen LogP contribution in [0.25, 0.3) is 0 Å². The van der Waals surface area contributed by atoms with Crippen molar-refractivity contribution < 1.29 is 13.2 Å². The number of fused-ring (bicyclic) bond motifs is 1. The molecule has 0 fully saturated rings. The topological polar surface area (TPSA) is 84.1 Å². The minimum Gasteiger partial charge on any atom is -0.491 e. The number of nitrogens with zero attached hydrogens (tertiary/aromatic N) is 1. The molecule has 1 atom stereocenters. The highest BCUT2D eigenvalue weighted by molar-refractivity contribution is 7.89. The van der Waals surface area contributed by atoms with Crippen molar-refractivity contribution in [2.75, 3.05) is 6.61 Å². The summed E-state index contributed by atoms with van der Waals surface area (Å²) in [5, 5.41) is 6.35. The summed E-state index contributed by atoms with van der Waals surface area (Å²) >= 11 is 0. The lowest BCUT2D eigenvalue weighted by atomic mass is 10.1. The van der Waals surface area contributed by atoms with Crippen molar-refractivity contribution >= 4 is 10.0 Å². The number of sulfonamides is 1. The van der Waals surface area contributed by atoms with Gasteiger partial charge < -0.3 is 4.74 Å². The molecule has 1 aromatic heterocycles. The second-order valence-electron chi connectivity index (χ2n) is 4.38. The highest BCUT2D eigenvalue weighted by Crippen LogP contribution is 2.32. The average Bonchev–Trinajstić information content (AvgIpc) is 2.97. The summed E-state index contributed by atoms with van der Waals surface area (Å²) in [5.41, 5.74) is 1.37. The zero-order valence-electron chi connectivity index (χ0n) is 10.3. The van der Waals surface area contributed by atoms with Gasteiger partial charge in [-0.1, -0.05) is 18.2 Å². The number of H-pyrrole nitrogens is 1. The lowest BCUT2D eigenvalue weighted by Crippen LogP contribution is -2.29. The Morgan fingerprint density at radius 1 is 1.42 bits per heavy atom. The Hall–Kier alpha value is -1.86. The zero-order chi connectivity index (χ0) is 13.5. The second-order valence-corrected chi connectivity index (χ2v) is 6.06. The largest absolute Gasteiger partial charge is 0.491 e. The summed E-state index contributed by atoms with van der Waals surface area (Å²) in [6.07, 6.45) is 1.30. The SMILES string of the molecule is Cc1[nH]ncc1S(=O)(=O)NC1COc2ccccc21. The molecule has 1 unspecified atom stereocenters. The lowest BCUT2D eigenvalue weighted by molar-refractivity contribution is 0.325. The maximum atomic E-state index is 12.3. The first kappa shape index (κ1) is 12.2. The quantitative estimate of drug-likeness (QED) is 0.882. The molecule has 1 aromatic carbocycles. The van der Waals surface area contributed by atoms with Gasteiger partial charge in [-0.05, 0) is 13.0 Å². The Bertz CT molecular complexity index is 709. The molecule has 2 heterocycles. The van der Waals surface area contributed by atoms with Gasteiger partial charge in [0.25, 0.3) is 0 Å². The first-order chi connectivity index (χ1) is 9.08. The fourth-order valence-corrected chi connectivity index (χ4v) is 3.46. The predicted octanol–water partition coefficient (Wildman–Crippen LogP) is 1.13. The molecule has 0 amide bonds. The van der Waals surface area contributed by atoms with Crippen LogP contribution in [-0.4, -0.2) is 25.2 Å². The standard InChI is InChI=1S/C12H13N3O3S/c1-8-12(6-13-14-8)19(16,17)15-10-7-18-11-5-3-2-4-9(10)11/h2-6,10,15H,7H2,1H3,(H,13,14). The molecule has 100 valence electrons. The number of hydrogen-bond acceptors (Lipinski definition) is 4. The minimum atomic E-state index is -3.60. The number of para-hydroxylation sites is 1. The summed E-state index contributed by atoms with van der Waals surface area (Å²) in [6.45, 7) is 1.97. The van der Waals surface area contributed by atoms with E-state index in [1.165, 1.54) is 6.20 Å². The molecule has 0 spiro atoms. The maximum Gasteiger partial charge on any atom is 0.244 e. The molecule has 1 aliphatic rings. The summed E-state index contributed by atoms with van der Waals surface area (Å²) in [6, 6.07) is 7.04. The average molecular weight is 279 g/mol. The number of hydrogen-bond donors (Lipinski definition) is 2. The molecule has 6 nitrogen and oxygen atoms in total. The van der Waals surface area contributed by atoms with Crippen LogP contribution in [0.4, 0.5) is 0 Å². The van der Waals surface area contributed by atoms with Crippen molar-refractivity contribution in [1.82, 2.24) is 14.9 Å². The molecule has 0 aliphatic carbocycles. The molecule has 0 radical (unpaired) electrons. The Morgan fingerprint density at radius 2 is 2.21 bits per heavy atom. The molecular weight excluding hydrogens is 266 g/mol. The fraction of sp³-hybridized carbons (Fsp3) is 0.250. The van der Waals surface area contributed by atoms with E-state index in [9.17, 15) is 8.42 Å². The van der Waals surface area contributed by atoms with Gasteiger partial charge in [-0.3, -0.25) is 5.10 Å². The van der Waals surface area contributed by atoms with Crippen LogP contribution in [0.15, 0.2) is 35.4 Å². The van der Waals surface area contributed by atoms with Crippen LogP contribution in [0.2, 0.25) is 0 Å². The molecule has 0 saturated carbocycles. The third-order valence-electron chi connectivity index (χ3n) is 3.07. The Kier molecular flexibility index (Phi) is 2.79. The number of rotatable bonds is 3. The molecule has 3 rings (SSSR count). The van der Waals surface area contributed by atoms with Crippen LogP contribution in [0.5, 0.6) is 5.75 Å². The minimum absolute atomic E-state index is 0.164. The van der Waals surface area contributed by atoms with Crippen LogP contribution in [0.1, 0.15) is 17.3 Å². The normalized spacial score (nSPS) is 18.1. The van der Waals surface area contributed by atoms with Crippen molar-refractivity contribution in [2.45, 2.75) is 17.9 Å². The second kappa shape index (κ2) is 4.36. The smallest absolute Gasteiger partial charge is 0.244 e. The number of aromatic nitrogens is 2. The number of aryl methyl sites for hydroxylation is 1. The number of aromatic amines is 1. The molecule has 7 heteroatoms. The Morgan fingerprint density at radius 3 is 2.95 bits per heavy atom. The number of ether oxygens (including phenoxy) is 1. The van der Waals surface area contributed by atoms with Crippen LogP contribution >= 0.6 is 0 Å². The first-order valence-electron chi connectivity index (χ1n) is 5.82. The first-order valence-corrected chi connectivity index (χ1v) is 7.30. The van der Waals surface area contributed by atoms with Gasteiger partial charge in [-0.25, -0.2) is 8.42 Å². The molecule has 2 N–H and O–H groups in total. The van der Waals surface area contributed by atoms with Crippen LogP contribution < -0.4 is 9.46 Å². The number of benzene rings is 1. The van der Waals surface area contributed by atoms with E-state index in [1.54, 1.807) is 6.92 Å². The summed E-state index contributed by atoms with van der Waals surface area (Å²) in [4.78, 5) is 0.164. The van der Waals surface area contributed by atoms with Crippen molar-refractivity contribution in [3.8, 4) is 5.75 Å². The Labute approximate surface area is 110 Å².